The molecule has 220 valence electrons. The monoisotopic (exact) mass is 591 g/mol. The molecule has 3 heterocycles. The minimum atomic E-state index is -1.29. The van der Waals surface area contributed by atoms with Crippen molar-refractivity contribution in [3.8, 4) is 29.5 Å². The van der Waals surface area contributed by atoms with Gasteiger partial charge in [0, 0.05) is 18.2 Å². The zero-order chi connectivity index (χ0) is 30.8. The van der Waals surface area contributed by atoms with E-state index in [0.717, 1.165) is 11.3 Å². The fourth-order valence-corrected chi connectivity index (χ4v) is 5.05. The first-order valence-corrected chi connectivity index (χ1v) is 13.4. The predicted octanol–water partition coefficient (Wildman–Crippen LogP) is 3.87. The molecule has 2 unspecified atom stereocenters. The molecule has 0 aliphatic carbocycles. The van der Waals surface area contributed by atoms with Crippen molar-refractivity contribution in [2.75, 3.05) is 22.5 Å². The summed E-state index contributed by atoms with van der Waals surface area (Å²) in [5, 5.41) is 28.5. The van der Waals surface area contributed by atoms with E-state index in [0.29, 0.717) is 18.7 Å². The molecule has 14 heteroatoms. The number of hydrogen-bond acceptors (Lipinski definition) is 10. The van der Waals surface area contributed by atoms with Crippen LogP contribution < -0.4 is 36.9 Å². The highest BCUT2D eigenvalue weighted by Crippen LogP contribution is 2.42. The third-order valence-electron chi connectivity index (χ3n) is 7.05. The van der Waals surface area contributed by atoms with E-state index in [1.54, 1.807) is 24.3 Å². The summed E-state index contributed by atoms with van der Waals surface area (Å²) >= 11 is 0. The van der Waals surface area contributed by atoms with Crippen molar-refractivity contribution in [1.29, 1.82) is 5.26 Å². The molecule has 2 atom stereocenters. The van der Waals surface area contributed by atoms with Crippen LogP contribution in [0.1, 0.15) is 33.8 Å². The third kappa shape index (κ3) is 5.57. The number of carboxylic acid groups (broad SMARTS) is 1. The molecule has 0 radical (unpaired) electrons. The molecule has 0 spiro atoms. The number of guanidine groups is 1. The number of nitrogens with two attached hydrogens (primary N) is 2. The van der Waals surface area contributed by atoms with Crippen molar-refractivity contribution in [2.45, 2.75) is 18.4 Å². The van der Waals surface area contributed by atoms with Gasteiger partial charge < -0.3 is 42.0 Å². The number of rotatable bonds is 8. The van der Waals surface area contributed by atoms with Gasteiger partial charge in [-0.3, -0.25) is 4.79 Å². The van der Waals surface area contributed by atoms with E-state index in [-0.39, 0.29) is 63.8 Å². The van der Waals surface area contributed by atoms with Crippen LogP contribution in [0.4, 0.5) is 22.9 Å². The Morgan fingerprint density at radius 1 is 1.07 bits per heavy atom. The zero-order valence-electron chi connectivity index (χ0n) is 22.9. The van der Waals surface area contributed by atoms with Gasteiger partial charge in [0.15, 0.2) is 17.5 Å². The molecular weight excluding hydrogens is 566 g/mol. The summed E-state index contributed by atoms with van der Waals surface area (Å²) < 4.78 is 11.9. The zero-order valence-corrected chi connectivity index (χ0v) is 22.9. The number of amides is 1. The van der Waals surface area contributed by atoms with Crippen molar-refractivity contribution in [1.82, 2.24) is 9.97 Å². The number of aliphatic imine (C=N–C) groups is 1. The number of para-hydroxylation sites is 3. The molecule has 1 aromatic heterocycles. The number of aromatic nitrogens is 2. The summed E-state index contributed by atoms with van der Waals surface area (Å²) in [6.07, 6.45) is 0.451. The molecule has 0 bridgehead atoms. The molecule has 6 rings (SSSR count). The summed E-state index contributed by atoms with van der Waals surface area (Å²) in [7, 11) is 0. The Morgan fingerprint density at radius 3 is 2.66 bits per heavy atom. The van der Waals surface area contributed by atoms with Crippen LogP contribution in [0.2, 0.25) is 0 Å². The largest absolute Gasteiger partial charge is 0.478 e. The molecule has 8 N–H and O–H groups in total. The first-order valence-electron chi connectivity index (χ1n) is 13.4. The number of nitrogens with one attached hydrogen (secondary N) is 3. The topological polar surface area (TPSA) is 223 Å². The number of anilines is 3. The van der Waals surface area contributed by atoms with E-state index in [1.165, 1.54) is 18.2 Å². The van der Waals surface area contributed by atoms with Crippen LogP contribution >= 0.6 is 0 Å². The van der Waals surface area contributed by atoms with Crippen LogP contribution in [0.15, 0.2) is 71.7 Å². The smallest absolute Gasteiger partial charge is 0.339 e. The Hall–Kier alpha value is -6.36. The summed E-state index contributed by atoms with van der Waals surface area (Å²) in [5.41, 5.74) is 13.6. The number of hydrogen-bond donors (Lipinski definition) is 6. The van der Waals surface area contributed by atoms with Gasteiger partial charge in [0.05, 0.1) is 11.6 Å². The van der Waals surface area contributed by atoms with Crippen LogP contribution in [0.25, 0.3) is 0 Å². The Morgan fingerprint density at radius 2 is 1.86 bits per heavy atom. The molecule has 0 saturated carbocycles. The lowest BCUT2D eigenvalue weighted by molar-refractivity contribution is -0.117. The molecule has 0 fully saturated rings. The van der Waals surface area contributed by atoms with Gasteiger partial charge in [0.25, 0.3) is 5.88 Å². The standard InChI is InChI=1S/C30H25N9O5/c31-13-15-9-10-18(28(41)42)23(11-15)43-27-24-25(38-30(39-27)44-22-8-4-3-7-20(22)36-29(32)33)35-21(26(40)37-24)12-16-14-34-19-6-2-1-5-17(16)19/h1-11,16,21,34H,12,14H2,(H,37,40)(H,41,42)(H4,32,33,36)(H,35,38,39). The third-order valence-corrected chi connectivity index (χ3v) is 7.05. The van der Waals surface area contributed by atoms with Crippen molar-refractivity contribution < 1.29 is 24.2 Å². The number of carbonyl (C=O) groups excluding carboxylic acids is 1. The first-order chi connectivity index (χ1) is 21.3. The van der Waals surface area contributed by atoms with Crippen molar-refractivity contribution in [3.05, 3.63) is 83.4 Å². The van der Waals surface area contributed by atoms with Crippen molar-refractivity contribution in [3.63, 3.8) is 0 Å². The van der Waals surface area contributed by atoms with E-state index < -0.39 is 12.0 Å². The van der Waals surface area contributed by atoms with Gasteiger partial charge in [-0.15, -0.1) is 0 Å². The molecule has 0 saturated heterocycles. The maximum Gasteiger partial charge on any atom is 0.339 e. The fourth-order valence-electron chi connectivity index (χ4n) is 5.05. The Kier molecular flexibility index (Phi) is 7.26. The highest BCUT2D eigenvalue weighted by Gasteiger charge is 2.35. The number of ether oxygens (including phenoxy) is 2. The lowest BCUT2D eigenvalue weighted by atomic mass is 9.93. The maximum absolute atomic E-state index is 13.3. The minimum absolute atomic E-state index is 0.0579. The van der Waals surface area contributed by atoms with E-state index in [1.807, 2.05) is 30.3 Å². The molecule has 3 aromatic carbocycles. The second-order valence-corrected chi connectivity index (χ2v) is 9.96. The van der Waals surface area contributed by atoms with Gasteiger partial charge in [-0.25, -0.2) is 9.79 Å². The maximum atomic E-state index is 13.3. The Labute approximate surface area is 250 Å². The van der Waals surface area contributed by atoms with Gasteiger partial charge >= 0.3 is 12.0 Å². The van der Waals surface area contributed by atoms with Gasteiger partial charge in [-0.05, 0) is 48.4 Å². The lowest BCUT2D eigenvalue weighted by Gasteiger charge is -2.28. The number of benzene rings is 3. The van der Waals surface area contributed by atoms with E-state index in [2.05, 4.69) is 30.9 Å². The molecule has 14 nitrogen and oxygen atoms in total. The molecular formula is C30H25N9O5. The van der Waals surface area contributed by atoms with Crippen LogP contribution in [0.3, 0.4) is 0 Å². The van der Waals surface area contributed by atoms with Gasteiger partial charge in [0.1, 0.15) is 28.7 Å². The number of nitriles is 1. The van der Waals surface area contributed by atoms with E-state index >= 15 is 0 Å². The first kappa shape index (κ1) is 27.8. The summed E-state index contributed by atoms with van der Waals surface area (Å²) in [6.45, 7) is 0.666. The molecule has 2 aliphatic heterocycles. The normalized spacial score (nSPS) is 16.2. The predicted molar refractivity (Wildman–Crippen MR) is 161 cm³/mol. The fraction of sp³-hybridized carbons (Fsp3) is 0.133. The quantitative estimate of drug-likeness (QED) is 0.127. The second kappa shape index (κ2) is 11.5. The molecule has 1 amide bonds. The summed E-state index contributed by atoms with van der Waals surface area (Å²) in [6, 6.07) is 19.5. The lowest BCUT2D eigenvalue weighted by Crippen LogP contribution is -2.40. The summed E-state index contributed by atoms with van der Waals surface area (Å²) in [5.74, 6) is -1.76. The minimum Gasteiger partial charge on any atom is -0.478 e. The molecule has 2 aliphatic rings. The van der Waals surface area contributed by atoms with Gasteiger partial charge in [-0.1, -0.05) is 30.3 Å². The number of fused-ring (bicyclic) bond motifs is 2. The number of carboxylic acids is 1. The highest BCUT2D eigenvalue weighted by atomic mass is 16.5. The number of aromatic carboxylic acids is 1. The van der Waals surface area contributed by atoms with Crippen molar-refractivity contribution in [2.24, 2.45) is 16.5 Å². The van der Waals surface area contributed by atoms with Crippen LogP contribution in [0.5, 0.6) is 23.4 Å². The Bertz CT molecular complexity index is 1870. The van der Waals surface area contributed by atoms with Gasteiger partial charge in [0.2, 0.25) is 5.91 Å². The van der Waals surface area contributed by atoms with E-state index in [9.17, 15) is 20.0 Å². The average molecular weight is 592 g/mol. The Balaban J connectivity index is 1.39. The highest BCUT2D eigenvalue weighted by molar-refractivity contribution is 6.03. The van der Waals surface area contributed by atoms with Gasteiger partial charge in [-0.2, -0.15) is 15.2 Å². The number of carbonyl (C=O) groups is 2. The van der Waals surface area contributed by atoms with Crippen molar-refractivity contribution >= 4 is 40.7 Å². The van der Waals surface area contributed by atoms with Crippen LogP contribution in [0, 0.1) is 11.3 Å². The molecule has 44 heavy (non-hydrogen) atoms. The van der Waals surface area contributed by atoms with Crippen LogP contribution in [-0.4, -0.2) is 45.5 Å². The van der Waals surface area contributed by atoms with E-state index in [4.69, 9.17) is 20.9 Å². The molecule has 4 aromatic rings. The SMILES string of the molecule is N#Cc1ccc(C(=O)O)c(Oc2nc(Oc3ccccc3N=C(N)N)nc3c2NC(=O)C(CC2CNc4ccccc42)N3)c1. The average Bonchev–Trinajstić information content (AvgIpc) is 3.41. The second-order valence-electron chi connectivity index (χ2n) is 9.96. The number of nitrogens with zero attached hydrogens (tertiary/aromatic N) is 4. The summed E-state index contributed by atoms with van der Waals surface area (Å²) in [4.78, 5) is 38.2. The van der Waals surface area contributed by atoms with Crippen LogP contribution in [-0.2, 0) is 4.79 Å².